The SMILES string of the molecule is Cc1ccc(Cl)cc1N(CC(=O)N(Cc1ccc(Br)cc1)[C@@H](Cc1ccccc1)C(=O)NC1CCCCC1)S(=O)(=O)c1ccccc1. The minimum Gasteiger partial charge on any atom is -0.352 e. The van der Waals surface area contributed by atoms with Crippen molar-refractivity contribution in [3.8, 4) is 0 Å². The van der Waals surface area contributed by atoms with Crippen molar-refractivity contribution in [2.45, 2.75) is 69.0 Å². The maximum atomic E-state index is 14.7. The normalized spacial score (nSPS) is 14.3. The van der Waals surface area contributed by atoms with E-state index in [-0.39, 0.29) is 29.8 Å². The Labute approximate surface area is 291 Å². The predicted molar refractivity (Wildman–Crippen MR) is 191 cm³/mol. The van der Waals surface area contributed by atoms with E-state index in [9.17, 15) is 18.0 Å². The van der Waals surface area contributed by atoms with E-state index < -0.39 is 28.5 Å². The van der Waals surface area contributed by atoms with Crippen LogP contribution >= 0.6 is 27.5 Å². The number of anilines is 1. The van der Waals surface area contributed by atoms with Crippen LogP contribution in [0.4, 0.5) is 5.69 Å². The van der Waals surface area contributed by atoms with E-state index >= 15 is 0 Å². The number of halogens is 2. The van der Waals surface area contributed by atoms with Crippen LogP contribution < -0.4 is 9.62 Å². The molecule has 0 radical (unpaired) electrons. The summed E-state index contributed by atoms with van der Waals surface area (Å²) in [6, 6.07) is 29.3. The highest BCUT2D eigenvalue weighted by atomic mass is 79.9. The standard InChI is InChI=1S/C37H39BrClN3O4S/c1-27-17-22-31(39)24-34(27)42(47(45,46)33-15-9-4-10-16-33)26-36(43)41(25-29-18-20-30(38)21-19-29)35(23-28-11-5-2-6-12-28)37(44)40-32-13-7-3-8-14-32/h2,4-6,9-12,15-22,24,32,35H,3,7-8,13-14,23,25-26H2,1H3,(H,40,44)/t35-/m0/s1. The monoisotopic (exact) mass is 735 g/mol. The summed E-state index contributed by atoms with van der Waals surface area (Å²) in [6.45, 7) is 1.35. The number of carbonyl (C=O) groups is 2. The van der Waals surface area contributed by atoms with Gasteiger partial charge in [0, 0.05) is 28.5 Å². The van der Waals surface area contributed by atoms with Gasteiger partial charge in [-0.25, -0.2) is 8.42 Å². The molecular formula is C37H39BrClN3O4S. The Morgan fingerprint density at radius 2 is 1.51 bits per heavy atom. The molecule has 47 heavy (non-hydrogen) atoms. The summed E-state index contributed by atoms with van der Waals surface area (Å²) in [5.41, 5.74) is 2.63. The Hall–Kier alpha value is -3.66. The molecule has 0 saturated heterocycles. The highest BCUT2D eigenvalue weighted by molar-refractivity contribution is 9.10. The molecule has 1 aliphatic rings. The van der Waals surface area contributed by atoms with Crippen molar-refractivity contribution in [3.63, 3.8) is 0 Å². The van der Waals surface area contributed by atoms with Crippen molar-refractivity contribution in [2.24, 2.45) is 0 Å². The summed E-state index contributed by atoms with van der Waals surface area (Å²) in [6.07, 6.45) is 5.28. The Bertz CT molecular complexity index is 1770. The highest BCUT2D eigenvalue weighted by Gasteiger charge is 2.36. The molecule has 1 saturated carbocycles. The molecule has 4 aromatic rings. The molecule has 0 bridgehead atoms. The van der Waals surface area contributed by atoms with Crippen LogP contribution in [0, 0.1) is 6.92 Å². The first-order valence-corrected chi connectivity index (χ1v) is 18.4. The maximum absolute atomic E-state index is 14.7. The van der Waals surface area contributed by atoms with Gasteiger partial charge in [-0.15, -0.1) is 0 Å². The average molecular weight is 737 g/mol. The van der Waals surface area contributed by atoms with E-state index in [1.165, 1.54) is 17.0 Å². The van der Waals surface area contributed by atoms with Gasteiger partial charge in [-0.05, 0) is 72.9 Å². The highest BCUT2D eigenvalue weighted by Crippen LogP contribution is 2.30. The van der Waals surface area contributed by atoms with Crippen molar-refractivity contribution in [1.82, 2.24) is 10.2 Å². The summed E-state index contributed by atoms with van der Waals surface area (Å²) in [4.78, 5) is 30.5. The molecule has 0 aromatic heterocycles. The van der Waals surface area contributed by atoms with Gasteiger partial charge in [0.25, 0.3) is 10.0 Å². The van der Waals surface area contributed by atoms with Crippen LogP contribution in [0.5, 0.6) is 0 Å². The number of nitrogens with one attached hydrogen (secondary N) is 1. The average Bonchev–Trinajstić information content (AvgIpc) is 3.08. The van der Waals surface area contributed by atoms with Gasteiger partial charge in [-0.2, -0.15) is 0 Å². The Morgan fingerprint density at radius 3 is 2.17 bits per heavy atom. The third-order valence-corrected chi connectivity index (χ3v) is 11.1. The molecule has 1 aliphatic carbocycles. The van der Waals surface area contributed by atoms with Gasteiger partial charge < -0.3 is 10.2 Å². The Balaban J connectivity index is 1.58. The molecule has 1 N–H and O–H groups in total. The minimum absolute atomic E-state index is 0.0308. The van der Waals surface area contributed by atoms with E-state index in [4.69, 9.17) is 11.6 Å². The van der Waals surface area contributed by atoms with Gasteiger partial charge in [-0.1, -0.05) is 114 Å². The van der Waals surface area contributed by atoms with Crippen LogP contribution in [0.2, 0.25) is 5.02 Å². The van der Waals surface area contributed by atoms with E-state index in [2.05, 4.69) is 21.2 Å². The van der Waals surface area contributed by atoms with Crippen LogP contribution in [0.1, 0.15) is 48.8 Å². The summed E-state index contributed by atoms with van der Waals surface area (Å²) >= 11 is 9.86. The summed E-state index contributed by atoms with van der Waals surface area (Å²) in [5.74, 6) is -0.755. The van der Waals surface area contributed by atoms with Crippen LogP contribution in [-0.2, 0) is 32.6 Å². The van der Waals surface area contributed by atoms with Gasteiger partial charge in [0.15, 0.2) is 0 Å². The van der Waals surface area contributed by atoms with Gasteiger partial charge in [0.05, 0.1) is 10.6 Å². The van der Waals surface area contributed by atoms with Gasteiger partial charge >= 0.3 is 0 Å². The summed E-state index contributed by atoms with van der Waals surface area (Å²) in [5, 5.41) is 3.58. The van der Waals surface area contributed by atoms with Gasteiger partial charge in [-0.3, -0.25) is 13.9 Å². The number of rotatable bonds is 12. The first-order chi connectivity index (χ1) is 22.6. The number of sulfonamides is 1. The van der Waals surface area contributed by atoms with Crippen molar-refractivity contribution in [3.05, 3.63) is 129 Å². The maximum Gasteiger partial charge on any atom is 0.264 e. The second kappa shape index (κ2) is 16.0. The molecule has 10 heteroatoms. The number of amides is 2. The van der Waals surface area contributed by atoms with Crippen LogP contribution in [0.25, 0.3) is 0 Å². The third kappa shape index (κ3) is 9.03. The summed E-state index contributed by atoms with van der Waals surface area (Å²) in [7, 11) is -4.21. The molecule has 5 rings (SSSR count). The van der Waals surface area contributed by atoms with Crippen LogP contribution in [0.3, 0.4) is 0 Å². The number of aryl methyl sites for hydroxylation is 1. The number of hydrogen-bond acceptors (Lipinski definition) is 4. The van der Waals surface area contributed by atoms with Crippen LogP contribution in [-0.4, -0.2) is 43.8 Å². The van der Waals surface area contributed by atoms with Crippen LogP contribution in [0.15, 0.2) is 112 Å². The van der Waals surface area contributed by atoms with E-state index in [1.54, 1.807) is 43.3 Å². The summed E-state index contributed by atoms with van der Waals surface area (Å²) < 4.78 is 30.5. The lowest BCUT2D eigenvalue weighted by Gasteiger charge is -2.35. The van der Waals surface area contributed by atoms with Gasteiger partial charge in [0.1, 0.15) is 12.6 Å². The molecule has 4 aromatic carbocycles. The molecule has 1 atom stereocenters. The zero-order valence-electron chi connectivity index (χ0n) is 26.3. The molecular weight excluding hydrogens is 698 g/mol. The quantitative estimate of drug-likeness (QED) is 0.162. The molecule has 246 valence electrons. The fourth-order valence-corrected chi connectivity index (χ4v) is 7.89. The second-order valence-corrected chi connectivity index (χ2v) is 15.2. The fourth-order valence-electron chi connectivity index (χ4n) is 5.97. The first-order valence-electron chi connectivity index (χ1n) is 15.8. The number of nitrogens with zero attached hydrogens (tertiary/aromatic N) is 2. The second-order valence-electron chi connectivity index (χ2n) is 12.0. The molecule has 1 fully saturated rings. The molecule has 0 unspecified atom stereocenters. The lowest BCUT2D eigenvalue weighted by molar-refractivity contribution is -0.140. The fraction of sp³-hybridized carbons (Fsp3) is 0.297. The third-order valence-electron chi connectivity index (χ3n) is 8.54. The lowest BCUT2D eigenvalue weighted by Crippen LogP contribution is -2.55. The van der Waals surface area contributed by atoms with E-state index in [1.807, 2.05) is 54.6 Å². The minimum atomic E-state index is -4.21. The van der Waals surface area contributed by atoms with Crippen molar-refractivity contribution in [2.75, 3.05) is 10.8 Å². The van der Waals surface area contributed by atoms with Gasteiger partial charge in [0.2, 0.25) is 11.8 Å². The van der Waals surface area contributed by atoms with Crippen molar-refractivity contribution < 1.29 is 18.0 Å². The van der Waals surface area contributed by atoms with Crippen molar-refractivity contribution in [1.29, 1.82) is 0 Å². The predicted octanol–water partition coefficient (Wildman–Crippen LogP) is 7.70. The molecule has 0 spiro atoms. The first kappa shape index (κ1) is 34.7. The zero-order valence-corrected chi connectivity index (χ0v) is 29.5. The Kier molecular flexibility index (Phi) is 11.8. The molecule has 2 amide bonds. The zero-order chi connectivity index (χ0) is 33.4. The Morgan fingerprint density at radius 1 is 0.872 bits per heavy atom. The smallest absolute Gasteiger partial charge is 0.264 e. The number of carbonyl (C=O) groups excluding carboxylic acids is 2. The number of hydrogen-bond donors (Lipinski definition) is 1. The molecule has 0 heterocycles. The van der Waals surface area contributed by atoms with E-state index in [0.717, 1.165) is 52.0 Å². The molecule has 7 nitrogen and oxygen atoms in total. The number of benzene rings is 4. The lowest BCUT2D eigenvalue weighted by atomic mass is 9.94. The molecule has 0 aliphatic heterocycles. The van der Waals surface area contributed by atoms with Crippen molar-refractivity contribution >= 4 is 55.1 Å². The largest absolute Gasteiger partial charge is 0.352 e. The topological polar surface area (TPSA) is 86.8 Å². The van der Waals surface area contributed by atoms with E-state index in [0.29, 0.717) is 16.3 Å².